The molecule has 73 heavy (non-hydrogen) atoms. The zero-order chi connectivity index (χ0) is 55.3. The first-order valence-corrected chi connectivity index (χ1v) is 26.1. The lowest BCUT2D eigenvalue weighted by Gasteiger charge is -2.23. The lowest BCUT2D eigenvalue weighted by molar-refractivity contribution is 0.0491. The van der Waals surface area contributed by atoms with Gasteiger partial charge in [0.05, 0.1) is 41.0 Å². The highest BCUT2D eigenvalue weighted by molar-refractivity contribution is 14.1. The highest BCUT2D eigenvalue weighted by atomic mass is 127. The average molecular weight is 1130 g/mol. The van der Waals surface area contributed by atoms with Gasteiger partial charge in [-0.15, -0.1) is 6.42 Å². The Balaban J connectivity index is 0.000000992. The molecule has 0 bridgehead atoms. The van der Waals surface area contributed by atoms with Crippen molar-refractivity contribution in [1.29, 1.82) is 0 Å². The first-order valence-electron chi connectivity index (χ1n) is 25.0. The Hall–Kier alpha value is -5.40. The summed E-state index contributed by atoms with van der Waals surface area (Å²) < 4.78 is 33.0. The number of carbonyl (C=O) groups excluding carboxylic acids is 3. The van der Waals surface area contributed by atoms with Crippen molar-refractivity contribution in [2.75, 3.05) is 39.6 Å². The van der Waals surface area contributed by atoms with Crippen LogP contribution >= 0.6 is 22.6 Å². The van der Waals surface area contributed by atoms with E-state index in [-0.39, 0.29) is 57.3 Å². The molecule has 3 amide bonds. The largest absolute Gasteiger partial charge is 0.491 e. The molecule has 16 heteroatoms. The summed E-state index contributed by atoms with van der Waals surface area (Å²) in [7, 11) is 0. The van der Waals surface area contributed by atoms with Gasteiger partial charge in [0.2, 0.25) is 0 Å². The van der Waals surface area contributed by atoms with Gasteiger partial charge in [-0.2, -0.15) is 0 Å². The Bertz CT molecular complexity index is 2100. The van der Waals surface area contributed by atoms with Gasteiger partial charge < -0.3 is 59.7 Å². The standard InChI is InChI=1S/C19H31NO4.C19H27NO4.C11H19NO2.C8H9IO2/c2*1-5-8-16(20-18(22)24-19(2,3)4)12-11-15-9-6-7-10-17(15)23-14-13-21;1-6-8-9(7-2)12-10(13)14-11(3,4)5;9-7-3-1-2-4-8(7)11-6-5-10/h6-7,9-10,16,21H,5,8,11-14H2,1-4H3,(H,20,22);6-7,9-10,16,21H,5,8,13-14H2,1-4H3,(H,20,22);2,9H,6,8H2,1,3-5H3,(H,12,13);1-4,10H,5-6H2/t2*16-;9-;/m110./s1. The van der Waals surface area contributed by atoms with E-state index in [0.29, 0.717) is 12.4 Å². The van der Waals surface area contributed by atoms with Crippen molar-refractivity contribution in [2.24, 2.45) is 0 Å². The molecule has 0 aliphatic rings. The number of benzene rings is 3. The molecular weight excluding hydrogens is 1050 g/mol. The SMILES string of the molecule is C#C[C@@H](CCC)NC(=O)OC(C)(C)C.CCC[C@H](C#Cc1ccccc1OCCO)NC(=O)OC(C)(C)C.CCC[C@H](CCc1ccccc1OCCO)NC(=O)OC(C)(C)C.OCCOc1ccccc1I. The zero-order valence-corrected chi connectivity index (χ0v) is 47.7. The number of aryl methyl sites for hydroxylation is 1. The molecule has 3 aromatic rings. The number of terminal acetylenes is 1. The first kappa shape index (κ1) is 67.6. The Kier molecular flexibility index (Phi) is 35.4. The van der Waals surface area contributed by atoms with Gasteiger partial charge in [-0.05, 0) is 153 Å². The molecular formula is C57H86IN3O12. The Morgan fingerprint density at radius 1 is 0.562 bits per heavy atom. The summed E-state index contributed by atoms with van der Waals surface area (Å²) in [5, 5.41) is 34.7. The quantitative estimate of drug-likeness (QED) is 0.0335. The molecule has 0 saturated carbocycles. The highest BCUT2D eigenvalue weighted by Gasteiger charge is 2.21. The van der Waals surface area contributed by atoms with Crippen LogP contribution in [0.25, 0.3) is 0 Å². The van der Waals surface area contributed by atoms with Crippen LogP contribution in [0, 0.1) is 27.8 Å². The maximum Gasteiger partial charge on any atom is 0.408 e. The van der Waals surface area contributed by atoms with Crippen molar-refractivity contribution in [3.05, 3.63) is 87.5 Å². The van der Waals surface area contributed by atoms with Gasteiger partial charge in [-0.25, -0.2) is 14.4 Å². The normalized spacial score (nSPS) is 11.9. The van der Waals surface area contributed by atoms with Crippen LogP contribution in [0.4, 0.5) is 14.4 Å². The Morgan fingerprint density at radius 2 is 0.973 bits per heavy atom. The summed E-state index contributed by atoms with van der Waals surface area (Å²) in [4.78, 5) is 35.2. The van der Waals surface area contributed by atoms with Gasteiger partial charge >= 0.3 is 18.3 Å². The molecule has 0 radical (unpaired) electrons. The van der Waals surface area contributed by atoms with Crippen LogP contribution < -0.4 is 30.2 Å². The second-order valence-electron chi connectivity index (χ2n) is 19.3. The van der Waals surface area contributed by atoms with Crippen molar-refractivity contribution in [3.63, 3.8) is 0 Å². The lowest BCUT2D eigenvalue weighted by atomic mass is 10.0. The van der Waals surface area contributed by atoms with E-state index in [4.69, 9.17) is 50.2 Å². The number of aliphatic hydroxyl groups is 3. The molecule has 408 valence electrons. The van der Waals surface area contributed by atoms with Crippen LogP contribution in [-0.2, 0) is 20.6 Å². The van der Waals surface area contributed by atoms with Gasteiger partial charge in [0.25, 0.3) is 0 Å². The van der Waals surface area contributed by atoms with Gasteiger partial charge in [0.1, 0.15) is 53.9 Å². The molecule has 3 atom stereocenters. The second kappa shape index (κ2) is 38.2. The number of carbonyl (C=O) groups is 3. The van der Waals surface area contributed by atoms with Gasteiger partial charge in [-0.1, -0.05) is 100 Å². The van der Waals surface area contributed by atoms with Crippen molar-refractivity contribution < 1.29 is 58.1 Å². The van der Waals surface area contributed by atoms with E-state index >= 15 is 0 Å². The molecule has 0 aromatic heterocycles. The number of hydrogen-bond donors (Lipinski definition) is 6. The van der Waals surface area contributed by atoms with E-state index in [9.17, 15) is 14.4 Å². The number of halogens is 1. The van der Waals surface area contributed by atoms with Crippen LogP contribution in [0.15, 0.2) is 72.8 Å². The predicted molar refractivity (Wildman–Crippen MR) is 298 cm³/mol. The van der Waals surface area contributed by atoms with E-state index in [0.717, 1.165) is 77.6 Å². The van der Waals surface area contributed by atoms with E-state index in [1.165, 1.54) is 0 Å². The minimum Gasteiger partial charge on any atom is -0.491 e. The number of ether oxygens (including phenoxy) is 6. The number of alkyl carbamates (subject to hydrolysis) is 3. The molecule has 0 heterocycles. The van der Waals surface area contributed by atoms with Crippen molar-refractivity contribution in [1.82, 2.24) is 16.0 Å². The fourth-order valence-electron chi connectivity index (χ4n) is 6.04. The number of amides is 3. The molecule has 0 fully saturated rings. The third-order valence-corrected chi connectivity index (χ3v) is 9.87. The fraction of sp³-hybridized carbons (Fsp3) is 0.561. The Labute approximate surface area is 450 Å². The number of rotatable bonds is 21. The summed E-state index contributed by atoms with van der Waals surface area (Å²) in [6.45, 7) is 23.5. The molecule has 0 aliphatic heterocycles. The number of para-hydroxylation sites is 3. The molecule has 0 aliphatic carbocycles. The van der Waals surface area contributed by atoms with E-state index in [1.54, 1.807) is 6.07 Å². The van der Waals surface area contributed by atoms with Crippen LogP contribution in [0.3, 0.4) is 0 Å². The number of hydrogen-bond acceptors (Lipinski definition) is 12. The molecule has 0 unspecified atom stereocenters. The summed E-state index contributed by atoms with van der Waals surface area (Å²) >= 11 is 2.19. The van der Waals surface area contributed by atoms with Crippen molar-refractivity contribution >= 4 is 40.9 Å². The van der Waals surface area contributed by atoms with Crippen LogP contribution in [0.1, 0.15) is 139 Å². The lowest BCUT2D eigenvalue weighted by Crippen LogP contribution is -2.39. The maximum absolute atomic E-state index is 12.0. The topological polar surface area (TPSA) is 203 Å². The van der Waals surface area contributed by atoms with Gasteiger partial charge in [0.15, 0.2) is 0 Å². The number of nitrogens with one attached hydrogen (secondary N) is 3. The summed E-state index contributed by atoms with van der Waals surface area (Å²) in [6.07, 6.45) is 10.8. The Morgan fingerprint density at radius 3 is 1.45 bits per heavy atom. The molecule has 3 rings (SSSR count). The average Bonchev–Trinajstić information content (AvgIpc) is 3.30. The minimum absolute atomic E-state index is 0.00695. The van der Waals surface area contributed by atoms with E-state index in [1.807, 2.05) is 143 Å². The second-order valence-corrected chi connectivity index (χ2v) is 20.5. The van der Waals surface area contributed by atoms with Crippen LogP contribution in [0.5, 0.6) is 17.2 Å². The molecule has 0 saturated heterocycles. The zero-order valence-electron chi connectivity index (χ0n) is 45.5. The highest BCUT2D eigenvalue weighted by Crippen LogP contribution is 2.22. The van der Waals surface area contributed by atoms with Crippen LogP contribution in [0.2, 0.25) is 0 Å². The van der Waals surface area contributed by atoms with Crippen molar-refractivity contribution in [3.8, 4) is 41.4 Å². The molecule has 6 N–H and O–H groups in total. The first-order chi connectivity index (χ1) is 34.4. The number of aliphatic hydroxyl groups excluding tert-OH is 3. The minimum atomic E-state index is -0.543. The van der Waals surface area contributed by atoms with E-state index < -0.39 is 29.0 Å². The summed E-state index contributed by atoms with van der Waals surface area (Å²) in [5.41, 5.74) is 0.288. The fourth-order valence-corrected chi connectivity index (χ4v) is 6.58. The van der Waals surface area contributed by atoms with Gasteiger partial charge in [0, 0.05) is 6.04 Å². The third-order valence-electron chi connectivity index (χ3n) is 8.98. The predicted octanol–water partition coefficient (Wildman–Crippen LogP) is 10.8. The third kappa shape index (κ3) is 36.2. The van der Waals surface area contributed by atoms with Crippen LogP contribution in [-0.4, -0.2) is 108 Å². The van der Waals surface area contributed by atoms with Gasteiger partial charge in [-0.3, -0.25) is 0 Å². The summed E-state index contributed by atoms with van der Waals surface area (Å²) in [5.74, 6) is 10.9. The maximum atomic E-state index is 12.0. The molecule has 3 aromatic carbocycles. The van der Waals surface area contributed by atoms with E-state index in [2.05, 4.69) is 63.2 Å². The summed E-state index contributed by atoms with van der Waals surface area (Å²) in [6, 6.07) is 22.4. The smallest absolute Gasteiger partial charge is 0.408 e. The van der Waals surface area contributed by atoms with Crippen molar-refractivity contribution in [2.45, 2.75) is 169 Å². The molecule has 0 spiro atoms. The monoisotopic (exact) mass is 1130 g/mol. The molecule has 15 nitrogen and oxygen atoms in total.